The molecule has 88 valence electrons. The Morgan fingerprint density at radius 2 is 2.06 bits per heavy atom. The quantitative estimate of drug-likeness (QED) is 0.819. The molecule has 4 heteroatoms. The first-order chi connectivity index (χ1) is 7.70. The fourth-order valence-corrected chi connectivity index (χ4v) is 1.54. The van der Waals surface area contributed by atoms with Crippen LogP contribution in [0, 0.1) is 0 Å². The van der Waals surface area contributed by atoms with E-state index in [4.69, 9.17) is 9.47 Å². The Morgan fingerprint density at radius 1 is 1.38 bits per heavy atom. The zero-order valence-corrected chi connectivity index (χ0v) is 9.62. The summed E-state index contributed by atoms with van der Waals surface area (Å²) in [6.45, 7) is 5.11. The van der Waals surface area contributed by atoms with E-state index in [0.29, 0.717) is 24.1 Å². The van der Waals surface area contributed by atoms with E-state index in [1.807, 2.05) is 6.07 Å². The van der Waals surface area contributed by atoms with E-state index in [0.717, 1.165) is 12.0 Å². The van der Waals surface area contributed by atoms with Crippen LogP contribution in [0.15, 0.2) is 12.1 Å². The standard InChI is InChI=1S/C12H17NO3/c1-3-8(2)13-6-9-4-11-12(5-10(9)14)16-7-15-11/h4-5,8,13-14H,3,6-7H2,1-2H3. The van der Waals surface area contributed by atoms with Crippen LogP contribution in [0.2, 0.25) is 0 Å². The van der Waals surface area contributed by atoms with Crippen LogP contribution in [-0.4, -0.2) is 17.9 Å². The predicted octanol–water partition coefficient (Wildman–Crippen LogP) is 2.01. The van der Waals surface area contributed by atoms with Gasteiger partial charge in [-0.2, -0.15) is 0 Å². The minimum absolute atomic E-state index is 0.233. The molecule has 0 bridgehead atoms. The number of phenols is 1. The molecule has 1 atom stereocenters. The van der Waals surface area contributed by atoms with Crippen LogP contribution in [0.3, 0.4) is 0 Å². The van der Waals surface area contributed by atoms with E-state index >= 15 is 0 Å². The zero-order valence-electron chi connectivity index (χ0n) is 9.62. The Morgan fingerprint density at radius 3 is 2.75 bits per heavy atom. The van der Waals surface area contributed by atoms with Crippen molar-refractivity contribution in [2.24, 2.45) is 0 Å². The molecule has 1 aliphatic heterocycles. The molecule has 0 radical (unpaired) electrons. The molecule has 0 aliphatic carbocycles. The van der Waals surface area contributed by atoms with Gasteiger partial charge in [-0.1, -0.05) is 6.92 Å². The fraction of sp³-hybridized carbons (Fsp3) is 0.500. The summed E-state index contributed by atoms with van der Waals surface area (Å²) in [7, 11) is 0. The molecule has 1 aliphatic rings. The number of fused-ring (bicyclic) bond motifs is 1. The van der Waals surface area contributed by atoms with Crippen molar-refractivity contribution >= 4 is 0 Å². The van der Waals surface area contributed by atoms with Gasteiger partial charge in [-0.15, -0.1) is 0 Å². The average Bonchev–Trinajstić information content (AvgIpc) is 2.72. The van der Waals surface area contributed by atoms with Crippen LogP contribution in [0.1, 0.15) is 25.8 Å². The summed E-state index contributed by atoms with van der Waals surface area (Å²) in [4.78, 5) is 0. The number of phenolic OH excluding ortho intramolecular Hbond substituents is 1. The molecular formula is C12H17NO3. The second-order valence-corrected chi connectivity index (χ2v) is 4.02. The van der Waals surface area contributed by atoms with Gasteiger partial charge in [-0.3, -0.25) is 0 Å². The van der Waals surface area contributed by atoms with Gasteiger partial charge in [0.2, 0.25) is 6.79 Å². The number of hydrogen-bond acceptors (Lipinski definition) is 4. The average molecular weight is 223 g/mol. The molecule has 1 heterocycles. The molecule has 0 spiro atoms. The Hall–Kier alpha value is -1.42. The van der Waals surface area contributed by atoms with Crippen molar-refractivity contribution < 1.29 is 14.6 Å². The lowest BCUT2D eigenvalue weighted by molar-refractivity contribution is 0.174. The lowest BCUT2D eigenvalue weighted by atomic mass is 10.1. The van der Waals surface area contributed by atoms with E-state index in [2.05, 4.69) is 19.2 Å². The molecule has 1 aromatic carbocycles. The Kier molecular flexibility index (Phi) is 3.19. The third-order valence-electron chi connectivity index (χ3n) is 2.83. The molecule has 2 N–H and O–H groups in total. The minimum Gasteiger partial charge on any atom is -0.507 e. The van der Waals surface area contributed by atoms with Gasteiger partial charge < -0.3 is 19.9 Å². The summed E-state index contributed by atoms with van der Waals surface area (Å²) in [5.41, 5.74) is 0.838. The molecule has 1 unspecified atom stereocenters. The molecular weight excluding hydrogens is 206 g/mol. The zero-order chi connectivity index (χ0) is 11.5. The van der Waals surface area contributed by atoms with Gasteiger partial charge in [0.25, 0.3) is 0 Å². The molecule has 0 amide bonds. The number of rotatable bonds is 4. The molecule has 0 aromatic heterocycles. The van der Waals surface area contributed by atoms with Crippen LogP contribution in [0.4, 0.5) is 0 Å². The second kappa shape index (κ2) is 4.61. The second-order valence-electron chi connectivity index (χ2n) is 4.02. The van der Waals surface area contributed by atoms with Crippen molar-refractivity contribution in [1.82, 2.24) is 5.32 Å². The number of ether oxygens (including phenoxy) is 2. The van der Waals surface area contributed by atoms with Crippen LogP contribution in [-0.2, 0) is 6.54 Å². The SMILES string of the molecule is CCC(C)NCc1cc2c(cc1O)OCO2. The molecule has 0 fully saturated rings. The predicted molar refractivity (Wildman–Crippen MR) is 60.8 cm³/mol. The van der Waals surface area contributed by atoms with Crippen molar-refractivity contribution in [3.8, 4) is 17.2 Å². The highest BCUT2D eigenvalue weighted by atomic mass is 16.7. The third kappa shape index (κ3) is 2.22. The maximum Gasteiger partial charge on any atom is 0.231 e. The van der Waals surface area contributed by atoms with Gasteiger partial charge in [-0.25, -0.2) is 0 Å². The first-order valence-corrected chi connectivity index (χ1v) is 5.55. The molecule has 4 nitrogen and oxygen atoms in total. The highest BCUT2D eigenvalue weighted by Gasteiger charge is 2.16. The molecule has 0 saturated carbocycles. The highest BCUT2D eigenvalue weighted by Crippen LogP contribution is 2.37. The monoisotopic (exact) mass is 223 g/mol. The maximum absolute atomic E-state index is 9.78. The Bertz CT molecular complexity index is 379. The molecule has 0 saturated heterocycles. The minimum atomic E-state index is 0.233. The van der Waals surface area contributed by atoms with Crippen molar-refractivity contribution in [2.45, 2.75) is 32.9 Å². The third-order valence-corrected chi connectivity index (χ3v) is 2.83. The van der Waals surface area contributed by atoms with Crippen molar-refractivity contribution in [2.75, 3.05) is 6.79 Å². The number of hydrogen-bond donors (Lipinski definition) is 2. The lowest BCUT2D eigenvalue weighted by Gasteiger charge is -2.12. The van der Waals surface area contributed by atoms with Crippen LogP contribution >= 0.6 is 0 Å². The van der Waals surface area contributed by atoms with Crippen molar-refractivity contribution in [3.05, 3.63) is 17.7 Å². The van der Waals surface area contributed by atoms with Gasteiger partial charge in [0.1, 0.15) is 5.75 Å². The number of nitrogens with one attached hydrogen (secondary N) is 1. The molecule has 1 aromatic rings. The first kappa shape index (κ1) is 11.1. The van der Waals surface area contributed by atoms with E-state index < -0.39 is 0 Å². The normalized spacial score (nSPS) is 15.1. The van der Waals surface area contributed by atoms with E-state index in [-0.39, 0.29) is 12.5 Å². The van der Waals surface area contributed by atoms with Crippen LogP contribution in [0.25, 0.3) is 0 Å². The Balaban J connectivity index is 2.09. The van der Waals surface area contributed by atoms with Crippen LogP contribution < -0.4 is 14.8 Å². The molecule has 2 rings (SSSR count). The van der Waals surface area contributed by atoms with Gasteiger partial charge in [0, 0.05) is 24.2 Å². The van der Waals surface area contributed by atoms with Crippen molar-refractivity contribution in [3.63, 3.8) is 0 Å². The summed E-state index contributed by atoms with van der Waals surface area (Å²) in [6.07, 6.45) is 1.06. The lowest BCUT2D eigenvalue weighted by Crippen LogP contribution is -2.24. The maximum atomic E-state index is 9.78. The van der Waals surface area contributed by atoms with Crippen molar-refractivity contribution in [1.29, 1.82) is 0 Å². The fourth-order valence-electron chi connectivity index (χ4n) is 1.54. The number of benzene rings is 1. The summed E-state index contributed by atoms with van der Waals surface area (Å²) in [5.74, 6) is 1.57. The summed E-state index contributed by atoms with van der Waals surface area (Å²) >= 11 is 0. The highest BCUT2D eigenvalue weighted by molar-refractivity contribution is 5.51. The largest absolute Gasteiger partial charge is 0.507 e. The van der Waals surface area contributed by atoms with E-state index in [1.54, 1.807) is 6.07 Å². The first-order valence-electron chi connectivity index (χ1n) is 5.55. The van der Waals surface area contributed by atoms with Gasteiger partial charge in [0.15, 0.2) is 11.5 Å². The van der Waals surface area contributed by atoms with Gasteiger partial charge >= 0.3 is 0 Å². The summed E-state index contributed by atoms with van der Waals surface area (Å²) in [6, 6.07) is 3.87. The topological polar surface area (TPSA) is 50.7 Å². The van der Waals surface area contributed by atoms with E-state index in [1.165, 1.54) is 0 Å². The Labute approximate surface area is 95.2 Å². The summed E-state index contributed by atoms with van der Waals surface area (Å²) in [5, 5.41) is 13.1. The van der Waals surface area contributed by atoms with Crippen LogP contribution in [0.5, 0.6) is 17.2 Å². The molecule has 16 heavy (non-hydrogen) atoms. The van der Waals surface area contributed by atoms with Gasteiger partial charge in [0.05, 0.1) is 0 Å². The number of aromatic hydroxyl groups is 1. The van der Waals surface area contributed by atoms with Gasteiger partial charge in [-0.05, 0) is 19.4 Å². The summed E-state index contributed by atoms with van der Waals surface area (Å²) < 4.78 is 10.4. The van der Waals surface area contributed by atoms with E-state index in [9.17, 15) is 5.11 Å². The smallest absolute Gasteiger partial charge is 0.231 e.